The summed E-state index contributed by atoms with van der Waals surface area (Å²) in [7, 11) is 1.53. The predicted octanol–water partition coefficient (Wildman–Crippen LogP) is 4.14. The van der Waals surface area contributed by atoms with Gasteiger partial charge in [0.05, 0.1) is 12.0 Å². The number of hydrogen-bond donors (Lipinski definition) is 2. The first-order valence-corrected chi connectivity index (χ1v) is 8.37. The summed E-state index contributed by atoms with van der Waals surface area (Å²) in [5.41, 5.74) is 0.0517. The number of alkyl halides is 3. The van der Waals surface area contributed by atoms with Crippen LogP contribution in [0.2, 0.25) is 0 Å². The molecule has 2 N–H and O–H groups in total. The van der Waals surface area contributed by atoms with Crippen molar-refractivity contribution in [3.63, 3.8) is 0 Å². The van der Waals surface area contributed by atoms with E-state index < -0.39 is 20.8 Å². The monoisotopic (exact) mass is 417 g/mol. The Balaban J connectivity index is 2.23. The van der Waals surface area contributed by atoms with Crippen LogP contribution in [0.5, 0.6) is 5.75 Å². The minimum atomic E-state index is -1.92. The fraction of sp³-hybridized carbons (Fsp3) is 0.188. The van der Waals surface area contributed by atoms with Crippen LogP contribution in [-0.2, 0) is 0 Å². The maximum atomic E-state index is 12.5. The van der Waals surface area contributed by atoms with E-state index in [0.717, 1.165) is 0 Å². The maximum absolute atomic E-state index is 12.5. The smallest absolute Gasteiger partial charge is 0.282 e. The largest absolute Gasteiger partial charge is 0.497 e. The number of benzene rings is 2. The number of para-hydroxylation sites is 1. The molecule has 0 aromatic heterocycles. The molecule has 0 fully saturated rings. The first-order chi connectivity index (χ1) is 12.2. The van der Waals surface area contributed by atoms with Crippen molar-refractivity contribution >= 4 is 52.1 Å². The molecule has 26 heavy (non-hydrogen) atoms. The number of methoxy groups -OCH3 is 1. The molecule has 2 rings (SSSR count). The van der Waals surface area contributed by atoms with Crippen LogP contribution in [0.1, 0.15) is 10.4 Å². The number of carbonyl (C=O) groups is 1. The van der Waals surface area contributed by atoms with Crippen molar-refractivity contribution in [2.45, 2.75) is 9.96 Å². The molecule has 0 saturated heterocycles. The Morgan fingerprint density at radius 1 is 1.15 bits per heavy atom. The first-order valence-electron chi connectivity index (χ1n) is 7.24. The Morgan fingerprint density at radius 3 is 2.31 bits per heavy atom. The number of nitro benzene ring substituents is 1. The fourth-order valence-corrected chi connectivity index (χ4v) is 2.41. The summed E-state index contributed by atoms with van der Waals surface area (Å²) < 4.78 is 3.14. The van der Waals surface area contributed by atoms with E-state index in [2.05, 4.69) is 10.6 Å². The number of carbonyl (C=O) groups excluding carboxylic acids is 1. The summed E-state index contributed by atoms with van der Waals surface area (Å²) in [6, 6.07) is 12.2. The number of ether oxygens (including phenoxy) is 1. The molecule has 0 saturated carbocycles. The SMILES string of the molecule is COc1ccc(N[C@H](NC(=O)c2ccccc2[N+](=O)[O-])C(Cl)(Cl)Cl)cc1. The van der Waals surface area contributed by atoms with E-state index in [9.17, 15) is 14.9 Å². The van der Waals surface area contributed by atoms with Crippen molar-refractivity contribution in [1.82, 2.24) is 5.32 Å². The Bertz CT molecular complexity index is 794. The number of nitro groups is 1. The lowest BCUT2D eigenvalue weighted by molar-refractivity contribution is -0.385. The van der Waals surface area contributed by atoms with Gasteiger partial charge in [-0.3, -0.25) is 14.9 Å². The average Bonchev–Trinajstić information content (AvgIpc) is 2.60. The Hall–Kier alpha value is -2.22. The van der Waals surface area contributed by atoms with Gasteiger partial charge in [0.15, 0.2) is 0 Å². The quantitative estimate of drug-likeness (QED) is 0.318. The molecule has 0 unspecified atom stereocenters. The number of nitrogens with zero attached hydrogens (tertiary/aromatic N) is 1. The van der Waals surface area contributed by atoms with Crippen LogP contribution in [-0.4, -0.2) is 27.9 Å². The molecule has 1 amide bonds. The summed E-state index contributed by atoms with van der Waals surface area (Å²) in [6.07, 6.45) is -1.15. The Morgan fingerprint density at radius 2 is 1.77 bits per heavy atom. The normalized spacial score (nSPS) is 12.2. The molecule has 1 atom stereocenters. The van der Waals surface area contributed by atoms with Crippen molar-refractivity contribution < 1.29 is 14.5 Å². The zero-order valence-corrected chi connectivity index (χ0v) is 15.7. The summed E-state index contributed by atoms with van der Waals surface area (Å²) in [5, 5.41) is 16.4. The average molecular weight is 419 g/mol. The summed E-state index contributed by atoms with van der Waals surface area (Å²) in [5.74, 6) is -0.125. The minimum absolute atomic E-state index is 0.145. The van der Waals surface area contributed by atoms with Crippen molar-refractivity contribution in [2.24, 2.45) is 0 Å². The number of amides is 1. The molecule has 138 valence electrons. The molecule has 0 aliphatic rings. The Labute approximate surface area is 164 Å². The van der Waals surface area contributed by atoms with E-state index in [1.54, 1.807) is 24.3 Å². The van der Waals surface area contributed by atoms with Gasteiger partial charge >= 0.3 is 0 Å². The van der Waals surface area contributed by atoms with Crippen molar-refractivity contribution in [2.75, 3.05) is 12.4 Å². The highest BCUT2D eigenvalue weighted by molar-refractivity contribution is 6.68. The lowest BCUT2D eigenvalue weighted by Crippen LogP contribution is -2.49. The molecule has 0 heterocycles. The standard InChI is InChI=1S/C16H14Cl3N3O4/c1-26-11-8-6-10(7-9-11)20-15(16(17,18)19)21-14(23)12-4-2-3-5-13(12)22(24)25/h2-9,15,20H,1H3,(H,21,23)/t15-/m1/s1. The van der Waals surface area contributed by atoms with E-state index in [1.165, 1.54) is 31.4 Å². The second kappa shape index (κ2) is 8.44. The topological polar surface area (TPSA) is 93.5 Å². The van der Waals surface area contributed by atoms with E-state index in [4.69, 9.17) is 39.5 Å². The van der Waals surface area contributed by atoms with Gasteiger partial charge < -0.3 is 15.4 Å². The summed E-state index contributed by atoms with van der Waals surface area (Å²) in [4.78, 5) is 22.9. The molecule has 0 radical (unpaired) electrons. The lowest BCUT2D eigenvalue weighted by atomic mass is 10.1. The highest BCUT2D eigenvalue weighted by Crippen LogP contribution is 2.32. The van der Waals surface area contributed by atoms with Crippen LogP contribution in [0.3, 0.4) is 0 Å². The third-order valence-electron chi connectivity index (χ3n) is 3.35. The third-order valence-corrected chi connectivity index (χ3v) is 4.00. The van der Waals surface area contributed by atoms with Gasteiger partial charge in [-0.25, -0.2) is 0 Å². The van der Waals surface area contributed by atoms with Gasteiger partial charge in [-0.1, -0.05) is 46.9 Å². The molecule has 0 aliphatic carbocycles. The number of rotatable bonds is 6. The van der Waals surface area contributed by atoms with Gasteiger partial charge in [-0.15, -0.1) is 0 Å². The van der Waals surface area contributed by atoms with Gasteiger partial charge in [0.25, 0.3) is 11.6 Å². The zero-order chi connectivity index (χ0) is 19.3. The van der Waals surface area contributed by atoms with Crippen molar-refractivity contribution in [1.29, 1.82) is 0 Å². The van der Waals surface area contributed by atoms with Crippen LogP contribution in [0.4, 0.5) is 11.4 Å². The minimum Gasteiger partial charge on any atom is -0.497 e. The highest BCUT2D eigenvalue weighted by Gasteiger charge is 2.35. The van der Waals surface area contributed by atoms with Crippen LogP contribution in [0, 0.1) is 10.1 Å². The number of anilines is 1. The van der Waals surface area contributed by atoms with Crippen molar-refractivity contribution in [3.8, 4) is 5.75 Å². The number of halogens is 3. The van der Waals surface area contributed by atoms with E-state index >= 15 is 0 Å². The van der Waals surface area contributed by atoms with Crippen LogP contribution >= 0.6 is 34.8 Å². The molecule has 2 aromatic carbocycles. The molecule has 2 aromatic rings. The van der Waals surface area contributed by atoms with Crippen molar-refractivity contribution in [3.05, 3.63) is 64.2 Å². The molecule has 10 heteroatoms. The van der Waals surface area contributed by atoms with Gasteiger partial charge in [0, 0.05) is 11.8 Å². The van der Waals surface area contributed by atoms with Gasteiger partial charge in [-0.2, -0.15) is 0 Å². The van der Waals surface area contributed by atoms with Gasteiger partial charge in [-0.05, 0) is 30.3 Å². The molecule has 0 bridgehead atoms. The van der Waals surface area contributed by atoms with Gasteiger partial charge in [0.1, 0.15) is 17.5 Å². The summed E-state index contributed by atoms with van der Waals surface area (Å²) >= 11 is 17.8. The van der Waals surface area contributed by atoms with Crippen LogP contribution in [0.15, 0.2) is 48.5 Å². The van der Waals surface area contributed by atoms with Crippen LogP contribution < -0.4 is 15.4 Å². The lowest BCUT2D eigenvalue weighted by Gasteiger charge is -2.27. The summed E-state index contributed by atoms with van der Waals surface area (Å²) in [6.45, 7) is 0. The van der Waals surface area contributed by atoms with Crippen LogP contribution in [0.25, 0.3) is 0 Å². The second-order valence-corrected chi connectivity index (χ2v) is 7.46. The van der Waals surface area contributed by atoms with E-state index in [1.807, 2.05) is 0 Å². The highest BCUT2D eigenvalue weighted by atomic mass is 35.6. The number of hydrogen-bond acceptors (Lipinski definition) is 5. The first kappa shape index (κ1) is 20.1. The Kier molecular flexibility index (Phi) is 6.52. The molecular formula is C16H14Cl3N3O4. The molecular weight excluding hydrogens is 405 g/mol. The predicted molar refractivity (Wildman–Crippen MR) is 101 cm³/mol. The second-order valence-electron chi connectivity index (χ2n) is 5.10. The fourth-order valence-electron chi connectivity index (χ4n) is 2.09. The maximum Gasteiger partial charge on any atom is 0.282 e. The molecule has 7 nitrogen and oxygen atoms in total. The number of nitrogens with one attached hydrogen (secondary N) is 2. The molecule has 0 aliphatic heterocycles. The van der Waals surface area contributed by atoms with Gasteiger partial charge in [0.2, 0.25) is 3.79 Å². The molecule has 0 spiro atoms. The van der Waals surface area contributed by atoms with E-state index in [0.29, 0.717) is 11.4 Å². The zero-order valence-electron chi connectivity index (χ0n) is 13.4. The van der Waals surface area contributed by atoms with E-state index in [-0.39, 0.29) is 11.3 Å². The third kappa shape index (κ3) is 5.14.